The fourth-order valence-corrected chi connectivity index (χ4v) is 4.48. The van der Waals surface area contributed by atoms with Gasteiger partial charge in [-0.05, 0) is 49.2 Å². The number of amides is 1. The summed E-state index contributed by atoms with van der Waals surface area (Å²) in [5.41, 5.74) is 0.704. The summed E-state index contributed by atoms with van der Waals surface area (Å²) in [6.07, 6.45) is 1.93. The molecule has 0 radical (unpaired) electrons. The predicted molar refractivity (Wildman–Crippen MR) is 114 cm³/mol. The van der Waals surface area contributed by atoms with Gasteiger partial charge in [-0.1, -0.05) is 29.0 Å². The van der Waals surface area contributed by atoms with Gasteiger partial charge >= 0.3 is 0 Å². The molecular formula is C21H21ClN2O4S. The average molecular weight is 433 g/mol. The van der Waals surface area contributed by atoms with E-state index in [0.29, 0.717) is 28.0 Å². The molecule has 0 N–H and O–H groups in total. The summed E-state index contributed by atoms with van der Waals surface area (Å²) in [5.74, 6) is 1.16. The summed E-state index contributed by atoms with van der Waals surface area (Å²) in [5, 5.41) is 1.18. The molecule has 6 nitrogen and oxygen atoms in total. The number of rotatable bonds is 7. The zero-order chi connectivity index (χ0) is 20.2. The Labute approximate surface area is 178 Å². The maximum Gasteiger partial charge on any atom is 0.266 e. The van der Waals surface area contributed by atoms with Crippen LogP contribution in [0.5, 0.6) is 11.5 Å². The predicted octanol–water partition coefficient (Wildman–Crippen LogP) is 4.55. The second-order valence-electron chi connectivity index (χ2n) is 6.69. The fraction of sp³-hybridized carbons (Fsp3) is 0.333. The van der Waals surface area contributed by atoms with Crippen LogP contribution in [0.1, 0.15) is 12.8 Å². The van der Waals surface area contributed by atoms with Gasteiger partial charge in [0.2, 0.25) is 0 Å². The van der Waals surface area contributed by atoms with Crippen molar-refractivity contribution in [1.82, 2.24) is 4.98 Å². The smallest absolute Gasteiger partial charge is 0.266 e. The summed E-state index contributed by atoms with van der Waals surface area (Å²) in [4.78, 5) is 19.3. The van der Waals surface area contributed by atoms with E-state index in [1.165, 1.54) is 11.3 Å². The Kier molecular flexibility index (Phi) is 6.18. The first-order valence-corrected chi connectivity index (χ1v) is 10.6. The number of thiazole rings is 1. The highest BCUT2D eigenvalue weighted by molar-refractivity contribution is 7.22. The van der Waals surface area contributed by atoms with Crippen molar-refractivity contribution in [3.63, 3.8) is 0 Å². The van der Waals surface area contributed by atoms with E-state index < -0.39 is 0 Å². The highest BCUT2D eigenvalue weighted by Crippen LogP contribution is 2.33. The van der Waals surface area contributed by atoms with Crippen LogP contribution in [0.4, 0.5) is 5.13 Å². The van der Waals surface area contributed by atoms with Crippen LogP contribution >= 0.6 is 22.9 Å². The van der Waals surface area contributed by atoms with Gasteiger partial charge in [0.25, 0.3) is 5.91 Å². The summed E-state index contributed by atoms with van der Waals surface area (Å²) in [6.45, 7) is 1.08. The zero-order valence-electron chi connectivity index (χ0n) is 16.0. The van der Waals surface area contributed by atoms with Crippen molar-refractivity contribution in [2.24, 2.45) is 0 Å². The number of aromatic nitrogens is 1. The van der Waals surface area contributed by atoms with Gasteiger partial charge in [0.1, 0.15) is 17.0 Å². The number of para-hydroxylation sites is 1. The van der Waals surface area contributed by atoms with Gasteiger partial charge in [0.05, 0.1) is 29.5 Å². The molecule has 1 atom stereocenters. The zero-order valence-corrected chi connectivity index (χ0v) is 17.5. The van der Waals surface area contributed by atoms with Crippen molar-refractivity contribution >= 4 is 44.2 Å². The molecule has 1 aromatic heterocycles. The SMILES string of the molecule is COc1ccc(OCC(=O)N(CC2CCCO2)c2nc3c(Cl)cccc3s2)cc1. The Balaban J connectivity index is 1.53. The number of ether oxygens (including phenoxy) is 3. The van der Waals surface area contributed by atoms with Gasteiger partial charge < -0.3 is 14.2 Å². The largest absolute Gasteiger partial charge is 0.497 e. The van der Waals surface area contributed by atoms with Gasteiger partial charge in [-0.15, -0.1) is 0 Å². The normalized spacial score (nSPS) is 16.1. The highest BCUT2D eigenvalue weighted by Gasteiger charge is 2.26. The molecule has 1 aliphatic heterocycles. The van der Waals surface area contributed by atoms with Crippen molar-refractivity contribution in [3.8, 4) is 11.5 Å². The van der Waals surface area contributed by atoms with Crippen LogP contribution in [-0.2, 0) is 9.53 Å². The first-order valence-electron chi connectivity index (χ1n) is 9.38. The molecule has 0 saturated carbocycles. The molecule has 29 heavy (non-hydrogen) atoms. The first-order chi connectivity index (χ1) is 14.1. The lowest BCUT2D eigenvalue weighted by Gasteiger charge is -2.23. The molecule has 3 aromatic rings. The maximum absolute atomic E-state index is 13.0. The Morgan fingerprint density at radius 2 is 2.07 bits per heavy atom. The lowest BCUT2D eigenvalue weighted by molar-refractivity contribution is -0.120. The lowest BCUT2D eigenvalue weighted by Crippen LogP contribution is -2.40. The topological polar surface area (TPSA) is 60.9 Å². The van der Waals surface area contributed by atoms with Crippen molar-refractivity contribution in [1.29, 1.82) is 0 Å². The molecule has 1 fully saturated rings. The summed E-state index contributed by atoms with van der Waals surface area (Å²) >= 11 is 7.71. The van der Waals surface area contributed by atoms with E-state index >= 15 is 0 Å². The minimum absolute atomic E-state index is 0.00224. The standard InChI is InChI=1S/C21H21ClN2O4S/c1-26-14-7-9-15(10-8-14)28-13-19(25)24(12-16-4-3-11-27-16)21-23-20-17(22)5-2-6-18(20)29-21/h2,5-10,16H,3-4,11-13H2,1H3. The molecule has 1 amide bonds. The van der Waals surface area contributed by atoms with E-state index in [1.54, 1.807) is 42.3 Å². The van der Waals surface area contributed by atoms with Crippen molar-refractivity contribution in [3.05, 3.63) is 47.5 Å². The minimum Gasteiger partial charge on any atom is -0.497 e. The second kappa shape index (κ2) is 8.98. The van der Waals surface area contributed by atoms with E-state index in [9.17, 15) is 4.79 Å². The second-order valence-corrected chi connectivity index (χ2v) is 8.10. The number of anilines is 1. The molecule has 0 aliphatic carbocycles. The monoisotopic (exact) mass is 432 g/mol. The Hall–Kier alpha value is -2.35. The third-order valence-corrected chi connectivity index (χ3v) is 6.07. The van der Waals surface area contributed by atoms with Crippen LogP contribution in [0.2, 0.25) is 5.02 Å². The summed E-state index contributed by atoms with van der Waals surface area (Å²) in [7, 11) is 1.60. The Bertz CT molecular complexity index is 986. The molecule has 8 heteroatoms. The molecule has 2 aromatic carbocycles. The fourth-order valence-electron chi connectivity index (χ4n) is 3.19. The van der Waals surface area contributed by atoms with Gasteiger partial charge in [-0.3, -0.25) is 9.69 Å². The lowest BCUT2D eigenvalue weighted by atomic mass is 10.2. The van der Waals surface area contributed by atoms with Crippen LogP contribution < -0.4 is 14.4 Å². The van der Waals surface area contributed by atoms with Crippen LogP contribution in [0.25, 0.3) is 10.2 Å². The van der Waals surface area contributed by atoms with Crippen LogP contribution in [0, 0.1) is 0 Å². The van der Waals surface area contributed by atoms with E-state index in [0.717, 1.165) is 29.9 Å². The molecule has 1 unspecified atom stereocenters. The van der Waals surface area contributed by atoms with Crippen LogP contribution in [-0.4, -0.2) is 43.9 Å². The highest BCUT2D eigenvalue weighted by atomic mass is 35.5. The Morgan fingerprint density at radius 1 is 1.28 bits per heavy atom. The van der Waals surface area contributed by atoms with E-state index in [1.807, 2.05) is 12.1 Å². The summed E-state index contributed by atoms with van der Waals surface area (Å²) < 4.78 is 17.5. The minimum atomic E-state index is -0.175. The summed E-state index contributed by atoms with van der Waals surface area (Å²) in [6, 6.07) is 12.8. The number of fused-ring (bicyclic) bond motifs is 1. The molecule has 152 valence electrons. The Morgan fingerprint density at radius 3 is 2.76 bits per heavy atom. The van der Waals surface area contributed by atoms with Gasteiger partial charge in [0.15, 0.2) is 11.7 Å². The molecule has 4 rings (SSSR count). The molecule has 1 aliphatic rings. The van der Waals surface area contributed by atoms with Crippen molar-refractivity contribution in [2.45, 2.75) is 18.9 Å². The number of carbonyl (C=O) groups is 1. The van der Waals surface area contributed by atoms with Crippen LogP contribution in [0.15, 0.2) is 42.5 Å². The number of benzene rings is 2. The quantitative estimate of drug-likeness (QED) is 0.548. The molecular weight excluding hydrogens is 412 g/mol. The van der Waals surface area contributed by atoms with E-state index in [2.05, 4.69) is 4.98 Å². The molecule has 1 saturated heterocycles. The molecule has 0 spiro atoms. The third kappa shape index (κ3) is 4.63. The average Bonchev–Trinajstić information content (AvgIpc) is 3.41. The number of hydrogen-bond donors (Lipinski definition) is 0. The van der Waals surface area contributed by atoms with Gasteiger partial charge in [0, 0.05) is 6.61 Å². The third-order valence-electron chi connectivity index (χ3n) is 4.72. The first kappa shape index (κ1) is 19.9. The number of halogens is 1. The number of nitrogens with zero attached hydrogens (tertiary/aromatic N) is 2. The van der Waals surface area contributed by atoms with Crippen molar-refractivity contribution < 1.29 is 19.0 Å². The van der Waals surface area contributed by atoms with Gasteiger partial charge in [-0.25, -0.2) is 4.98 Å². The molecule has 0 bridgehead atoms. The van der Waals surface area contributed by atoms with Gasteiger partial charge in [-0.2, -0.15) is 0 Å². The van der Waals surface area contributed by atoms with E-state index in [4.69, 9.17) is 25.8 Å². The number of methoxy groups -OCH3 is 1. The van der Waals surface area contributed by atoms with Crippen LogP contribution in [0.3, 0.4) is 0 Å². The van der Waals surface area contributed by atoms with Crippen molar-refractivity contribution in [2.75, 3.05) is 31.8 Å². The molecule has 2 heterocycles. The maximum atomic E-state index is 13.0. The van der Waals surface area contributed by atoms with E-state index in [-0.39, 0.29) is 18.6 Å². The number of hydrogen-bond acceptors (Lipinski definition) is 6. The number of carbonyl (C=O) groups excluding carboxylic acids is 1.